The molecule has 0 saturated carbocycles. The minimum absolute atomic E-state index is 0.140. The van der Waals surface area contributed by atoms with Crippen LogP contribution in [0.1, 0.15) is 23.7 Å². The Bertz CT molecular complexity index is 760. The molecular weight excluding hydrogens is 332 g/mol. The number of aromatic carboxylic acids is 1. The van der Waals surface area contributed by atoms with Gasteiger partial charge < -0.3 is 19.7 Å². The SMILES string of the molecule is CCCOc1ccc(O)c(C(=O)O)c1.COC1=C2C=CC(=C1)S2=O. The summed E-state index contributed by atoms with van der Waals surface area (Å²) in [5.74, 6) is -0.205. The highest BCUT2D eigenvalue weighted by Crippen LogP contribution is 2.33. The lowest BCUT2D eigenvalue weighted by atomic mass is 10.2. The van der Waals surface area contributed by atoms with Crippen LogP contribution in [-0.4, -0.2) is 34.1 Å². The summed E-state index contributed by atoms with van der Waals surface area (Å²) in [4.78, 5) is 12.3. The van der Waals surface area contributed by atoms with E-state index in [9.17, 15) is 14.1 Å². The van der Waals surface area contributed by atoms with Crippen molar-refractivity contribution in [3.8, 4) is 11.5 Å². The van der Waals surface area contributed by atoms with Gasteiger partial charge >= 0.3 is 5.97 Å². The highest BCUT2D eigenvalue weighted by Gasteiger charge is 2.26. The van der Waals surface area contributed by atoms with E-state index in [4.69, 9.17) is 14.6 Å². The Hall–Kier alpha value is -2.54. The second-order valence-electron chi connectivity index (χ2n) is 4.91. The van der Waals surface area contributed by atoms with Gasteiger partial charge in [0.25, 0.3) is 0 Å². The lowest BCUT2D eigenvalue weighted by Crippen LogP contribution is -1.99. The van der Waals surface area contributed by atoms with Gasteiger partial charge in [-0.05, 0) is 42.8 Å². The van der Waals surface area contributed by atoms with E-state index in [0.29, 0.717) is 12.4 Å². The van der Waals surface area contributed by atoms with Crippen LogP contribution in [0.15, 0.2) is 52.0 Å². The maximum atomic E-state index is 11.2. The van der Waals surface area contributed by atoms with Gasteiger partial charge in [0, 0.05) is 4.91 Å². The van der Waals surface area contributed by atoms with Gasteiger partial charge in [-0.25, -0.2) is 9.00 Å². The van der Waals surface area contributed by atoms with Gasteiger partial charge in [-0.15, -0.1) is 0 Å². The van der Waals surface area contributed by atoms with Crippen molar-refractivity contribution < 1.29 is 28.7 Å². The van der Waals surface area contributed by atoms with E-state index in [1.54, 1.807) is 7.11 Å². The average molecular weight is 350 g/mol. The number of carbonyl (C=O) groups is 1. The molecule has 0 radical (unpaired) electrons. The Kier molecular flexibility index (Phi) is 5.81. The molecule has 3 rings (SSSR count). The predicted octanol–water partition coefficient (Wildman–Crippen LogP) is 2.94. The zero-order valence-electron chi connectivity index (χ0n) is 13.3. The van der Waals surface area contributed by atoms with Gasteiger partial charge in [-0.3, -0.25) is 0 Å². The molecule has 0 aromatic heterocycles. The molecule has 2 N–H and O–H groups in total. The van der Waals surface area contributed by atoms with E-state index in [1.807, 2.05) is 25.2 Å². The fraction of sp³-hybridized carbons (Fsp3) is 0.235. The van der Waals surface area contributed by atoms with E-state index in [1.165, 1.54) is 18.2 Å². The van der Waals surface area contributed by atoms with Crippen LogP contribution in [0.2, 0.25) is 0 Å². The quantitative estimate of drug-likeness (QED) is 0.848. The number of allylic oxidation sites excluding steroid dienone is 3. The summed E-state index contributed by atoms with van der Waals surface area (Å²) in [5, 5.41) is 17.9. The van der Waals surface area contributed by atoms with Crippen molar-refractivity contribution >= 4 is 16.8 Å². The van der Waals surface area contributed by atoms with Gasteiger partial charge in [0.15, 0.2) is 0 Å². The molecule has 24 heavy (non-hydrogen) atoms. The summed E-state index contributed by atoms with van der Waals surface area (Å²) in [5.41, 5.74) is -0.140. The second-order valence-corrected chi connectivity index (χ2v) is 6.36. The van der Waals surface area contributed by atoms with Crippen LogP contribution in [0.5, 0.6) is 11.5 Å². The maximum absolute atomic E-state index is 11.2. The summed E-state index contributed by atoms with van der Waals surface area (Å²) in [6.07, 6.45) is 6.35. The van der Waals surface area contributed by atoms with Crippen molar-refractivity contribution in [2.75, 3.05) is 13.7 Å². The monoisotopic (exact) mass is 350 g/mol. The molecule has 7 heteroatoms. The summed E-state index contributed by atoms with van der Waals surface area (Å²) in [7, 11) is 0.662. The highest BCUT2D eigenvalue weighted by molar-refractivity contribution is 7.94. The molecular formula is C17H18O6S. The van der Waals surface area contributed by atoms with E-state index in [2.05, 4.69) is 0 Å². The Morgan fingerprint density at radius 3 is 2.50 bits per heavy atom. The van der Waals surface area contributed by atoms with E-state index in [0.717, 1.165) is 22.0 Å². The van der Waals surface area contributed by atoms with Gasteiger partial charge in [0.1, 0.15) is 22.8 Å². The van der Waals surface area contributed by atoms with Crippen molar-refractivity contribution in [1.82, 2.24) is 0 Å². The fourth-order valence-corrected chi connectivity index (χ4v) is 3.22. The van der Waals surface area contributed by atoms with Gasteiger partial charge in [0.2, 0.25) is 0 Å². The summed E-state index contributed by atoms with van der Waals surface area (Å²) in [6.45, 7) is 2.49. The number of carboxylic acids is 1. The van der Waals surface area contributed by atoms with Crippen molar-refractivity contribution in [3.05, 3.63) is 57.6 Å². The minimum Gasteiger partial charge on any atom is -0.507 e. The Balaban J connectivity index is 0.000000182. The fourth-order valence-electron chi connectivity index (χ4n) is 2.04. The molecule has 2 aliphatic heterocycles. The number of methoxy groups -OCH3 is 1. The van der Waals surface area contributed by atoms with Crippen LogP contribution >= 0.6 is 0 Å². The molecule has 6 nitrogen and oxygen atoms in total. The average Bonchev–Trinajstić information content (AvgIpc) is 3.09. The largest absolute Gasteiger partial charge is 0.507 e. The number of carboxylic acid groups (broad SMARTS) is 1. The molecule has 1 unspecified atom stereocenters. The van der Waals surface area contributed by atoms with Gasteiger partial charge in [0.05, 0.1) is 29.4 Å². The van der Waals surface area contributed by atoms with Crippen molar-refractivity contribution in [1.29, 1.82) is 0 Å². The minimum atomic E-state index is -1.16. The van der Waals surface area contributed by atoms with Crippen LogP contribution < -0.4 is 4.74 Å². The first-order valence-electron chi connectivity index (χ1n) is 7.26. The Morgan fingerprint density at radius 2 is 2.04 bits per heavy atom. The predicted molar refractivity (Wildman–Crippen MR) is 90.3 cm³/mol. The molecule has 0 saturated heterocycles. The van der Waals surface area contributed by atoms with Crippen molar-refractivity contribution in [2.45, 2.75) is 13.3 Å². The van der Waals surface area contributed by atoms with Crippen LogP contribution in [0.25, 0.3) is 0 Å². The first-order valence-corrected chi connectivity index (χ1v) is 8.41. The van der Waals surface area contributed by atoms with E-state index < -0.39 is 16.8 Å². The van der Waals surface area contributed by atoms with E-state index >= 15 is 0 Å². The lowest BCUT2D eigenvalue weighted by Gasteiger charge is -2.06. The maximum Gasteiger partial charge on any atom is 0.339 e. The molecule has 1 aromatic carbocycles. The summed E-state index contributed by atoms with van der Waals surface area (Å²) >= 11 is 0. The number of aromatic hydroxyl groups is 1. The standard InChI is InChI=1S/C10H12O4.C7H6O2S/c1-2-5-14-7-3-4-9(11)8(6-7)10(12)13;1-9-6-4-5-2-3-7(6)10(5)8/h3-4,6,11H,2,5H2,1H3,(H,12,13);2-4H,1H3. The van der Waals surface area contributed by atoms with Crippen LogP contribution in [0, 0.1) is 0 Å². The number of phenols is 1. The summed E-state index contributed by atoms with van der Waals surface area (Å²) in [6, 6.07) is 4.17. The van der Waals surface area contributed by atoms with Crippen LogP contribution in [0.4, 0.5) is 0 Å². The van der Waals surface area contributed by atoms with Gasteiger partial charge in [-0.1, -0.05) is 6.92 Å². The number of benzene rings is 1. The second kappa shape index (κ2) is 7.83. The molecule has 0 amide bonds. The Labute approximate surface area is 142 Å². The number of ether oxygens (including phenoxy) is 2. The van der Waals surface area contributed by atoms with Crippen LogP contribution in [0.3, 0.4) is 0 Å². The number of hydrogen-bond donors (Lipinski definition) is 2. The topological polar surface area (TPSA) is 93.1 Å². The molecule has 128 valence electrons. The molecule has 1 aromatic rings. The number of hydrogen-bond acceptors (Lipinski definition) is 5. The smallest absolute Gasteiger partial charge is 0.339 e. The molecule has 2 aliphatic rings. The van der Waals surface area contributed by atoms with Crippen LogP contribution in [-0.2, 0) is 15.5 Å². The number of rotatable bonds is 5. The zero-order valence-corrected chi connectivity index (χ0v) is 14.1. The number of fused-ring (bicyclic) bond motifs is 2. The normalized spacial score (nSPS) is 17.2. The third-order valence-electron chi connectivity index (χ3n) is 3.22. The molecule has 0 fully saturated rings. The van der Waals surface area contributed by atoms with E-state index in [-0.39, 0.29) is 11.3 Å². The third-order valence-corrected chi connectivity index (χ3v) is 4.64. The first kappa shape index (κ1) is 17.8. The summed E-state index contributed by atoms with van der Waals surface area (Å²) < 4.78 is 21.4. The first-order chi connectivity index (χ1) is 11.5. The Morgan fingerprint density at radius 1 is 1.29 bits per heavy atom. The molecule has 0 aliphatic carbocycles. The molecule has 2 bridgehead atoms. The molecule has 0 spiro atoms. The third kappa shape index (κ3) is 3.86. The highest BCUT2D eigenvalue weighted by atomic mass is 32.2. The molecule has 2 heterocycles. The molecule has 1 atom stereocenters. The van der Waals surface area contributed by atoms with Crippen molar-refractivity contribution in [2.24, 2.45) is 0 Å². The van der Waals surface area contributed by atoms with Gasteiger partial charge in [-0.2, -0.15) is 0 Å². The zero-order chi connectivity index (χ0) is 17.7. The lowest BCUT2D eigenvalue weighted by molar-refractivity contribution is 0.0693. The van der Waals surface area contributed by atoms with Crippen molar-refractivity contribution in [3.63, 3.8) is 0 Å².